The molecule has 1 aliphatic rings. The average molecular weight is 182 g/mol. The Morgan fingerprint density at radius 2 is 1.92 bits per heavy atom. The van der Waals surface area contributed by atoms with Crippen molar-refractivity contribution in [1.29, 1.82) is 10.8 Å². The molecule has 1 rings (SSSR count). The van der Waals surface area contributed by atoms with E-state index in [9.17, 15) is 0 Å². The van der Waals surface area contributed by atoms with Crippen molar-refractivity contribution in [2.75, 3.05) is 19.6 Å². The molecular formula is C9H18N4. The summed E-state index contributed by atoms with van der Waals surface area (Å²) in [7, 11) is 0. The summed E-state index contributed by atoms with van der Waals surface area (Å²) < 4.78 is 0. The Balaban J connectivity index is 2.61. The third-order valence-electron chi connectivity index (χ3n) is 2.40. The van der Waals surface area contributed by atoms with Crippen LogP contribution in [-0.2, 0) is 0 Å². The van der Waals surface area contributed by atoms with E-state index >= 15 is 0 Å². The summed E-state index contributed by atoms with van der Waals surface area (Å²) in [5, 5.41) is 14.8. The molecule has 2 N–H and O–H groups in total. The van der Waals surface area contributed by atoms with Gasteiger partial charge in [0, 0.05) is 18.6 Å². The molecular weight excluding hydrogens is 164 g/mol. The highest BCUT2D eigenvalue weighted by molar-refractivity contribution is 5.91. The van der Waals surface area contributed by atoms with E-state index in [1.807, 2.05) is 0 Å². The van der Waals surface area contributed by atoms with Gasteiger partial charge in [-0.05, 0) is 20.8 Å². The summed E-state index contributed by atoms with van der Waals surface area (Å²) in [5.41, 5.74) is 0.125. The number of piperazine rings is 1. The van der Waals surface area contributed by atoms with Crippen molar-refractivity contribution in [2.45, 2.75) is 26.3 Å². The van der Waals surface area contributed by atoms with E-state index in [4.69, 9.17) is 10.8 Å². The monoisotopic (exact) mass is 182 g/mol. The predicted octanol–water partition coefficient (Wildman–Crippen LogP) is 0.987. The van der Waals surface area contributed by atoms with Crippen molar-refractivity contribution in [1.82, 2.24) is 9.80 Å². The highest BCUT2D eigenvalue weighted by Crippen LogP contribution is 2.15. The Kier molecular flexibility index (Phi) is 2.71. The maximum Gasteiger partial charge on any atom is 0.115 e. The van der Waals surface area contributed by atoms with Crippen LogP contribution in [0.5, 0.6) is 0 Å². The predicted molar refractivity (Wildman–Crippen MR) is 54.5 cm³/mol. The quantitative estimate of drug-likeness (QED) is 0.469. The molecule has 0 atom stereocenters. The van der Waals surface area contributed by atoms with Crippen molar-refractivity contribution in [3.63, 3.8) is 0 Å². The molecule has 1 saturated heterocycles. The lowest BCUT2D eigenvalue weighted by atomic mass is 10.0. The first-order chi connectivity index (χ1) is 5.95. The lowest BCUT2D eigenvalue weighted by molar-refractivity contribution is 0.137. The van der Waals surface area contributed by atoms with Crippen molar-refractivity contribution < 1.29 is 0 Å². The summed E-state index contributed by atoms with van der Waals surface area (Å²) in [6, 6.07) is 0. The number of amidine groups is 1. The van der Waals surface area contributed by atoms with Crippen LogP contribution in [0.3, 0.4) is 0 Å². The summed E-state index contributed by atoms with van der Waals surface area (Å²) in [5.74, 6) is 0.524. The first kappa shape index (κ1) is 10.2. The Hall–Kier alpha value is -0.900. The largest absolute Gasteiger partial charge is 0.319 e. The van der Waals surface area contributed by atoms with Gasteiger partial charge in [0.05, 0.1) is 12.9 Å². The molecule has 74 valence electrons. The van der Waals surface area contributed by atoms with Gasteiger partial charge in [0.1, 0.15) is 5.84 Å². The molecule has 13 heavy (non-hydrogen) atoms. The zero-order valence-corrected chi connectivity index (χ0v) is 8.59. The van der Waals surface area contributed by atoms with Crippen molar-refractivity contribution in [2.24, 2.45) is 0 Å². The fourth-order valence-electron chi connectivity index (χ4n) is 1.43. The molecule has 0 spiro atoms. The van der Waals surface area contributed by atoms with Gasteiger partial charge in [-0.15, -0.1) is 0 Å². The maximum absolute atomic E-state index is 7.69. The van der Waals surface area contributed by atoms with Gasteiger partial charge in [0.2, 0.25) is 0 Å². The van der Waals surface area contributed by atoms with Crippen LogP contribution in [-0.4, -0.2) is 47.1 Å². The van der Waals surface area contributed by atoms with Crippen molar-refractivity contribution in [3.8, 4) is 0 Å². The second kappa shape index (κ2) is 3.46. The second-order valence-electron chi connectivity index (χ2n) is 4.36. The lowest BCUT2D eigenvalue weighted by Gasteiger charge is -2.41. The SMILES string of the molecule is CC(C)(C)N1CCN(C=N)C(=N)C1. The van der Waals surface area contributed by atoms with Crippen LogP contribution in [0.15, 0.2) is 0 Å². The smallest absolute Gasteiger partial charge is 0.115 e. The van der Waals surface area contributed by atoms with E-state index in [-0.39, 0.29) is 5.54 Å². The normalized spacial score (nSPS) is 20.5. The Morgan fingerprint density at radius 1 is 1.31 bits per heavy atom. The van der Waals surface area contributed by atoms with E-state index in [1.54, 1.807) is 4.90 Å². The van der Waals surface area contributed by atoms with E-state index in [1.165, 1.54) is 6.34 Å². The van der Waals surface area contributed by atoms with Gasteiger partial charge in [-0.25, -0.2) is 0 Å². The molecule has 0 aromatic heterocycles. The highest BCUT2D eigenvalue weighted by atomic mass is 15.3. The Labute approximate surface area is 79.5 Å². The minimum atomic E-state index is 0.125. The van der Waals surface area contributed by atoms with Crippen LogP contribution in [0, 0.1) is 10.8 Å². The molecule has 0 aromatic rings. The topological polar surface area (TPSA) is 54.2 Å². The molecule has 0 bridgehead atoms. The molecule has 4 nitrogen and oxygen atoms in total. The minimum Gasteiger partial charge on any atom is -0.319 e. The first-order valence-electron chi connectivity index (χ1n) is 4.55. The number of hydrogen-bond acceptors (Lipinski definition) is 3. The number of rotatable bonds is 1. The fourth-order valence-corrected chi connectivity index (χ4v) is 1.43. The zero-order chi connectivity index (χ0) is 10.1. The van der Waals surface area contributed by atoms with E-state index in [2.05, 4.69) is 25.7 Å². The van der Waals surface area contributed by atoms with Crippen LogP contribution in [0.1, 0.15) is 20.8 Å². The van der Waals surface area contributed by atoms with Gasteiger partial charge >= 0.3 is 0 Å². The third-order valence-corrected chi connectivity index (χ3v) is 2.40. The van der Waals surface area contributed by atoms with Crippen LogP contribution < -0.4 is 0 Å². The van der Waals surface area contributed by atoms with Gasteiger partial charge in [-0.1, -0.05) is 0 Å². The number of nitrogens with one attached hydrogen (secondary N) is 2. The summed E-state index contributed by atoms with van der Waals surface area (Å²) in [4.78, 5) is 3.94. The summed E-state index contributed by atoms with van der Waals surface area (Å²) >= 11 is 0. The number of nitrogens with zero attached hydrogens (tertiary/aromatic N) is 2. The van der Waals surface area contributed by atoms with Gasteiger partial charge in [-0.2, -0.15) is 0 Å². The number of hydrogen-bond donors (Lipinski definition) is 2. The first-order valence-corrected chi connectivity index (χ1v) is 4.55. The standard InChI is InChI=1S/C9H18N4/c1-9(2,3)13-5-4-12(7-10)8(11)6-13/h7,10-11H,4-6H2,1-3H3. The van der Waals surface area contributed by atoms with Crippen LogP contribution >= 0.6 is 0 Å². The van der Waals surface area contributed by atoms with Crippen LogP contribution in [0.4, 0.5) is 0 Å². The van der Waals surface area contributed by atoms with Crippen molar-refractivity contribution in [3.05, 3.63) is 0 Å². The van der Waals surface area contributed by atoms with Gasteiger partial charge in [0.25, 0.3) is 0 Å². The third kappa shape index (κ3) is 2.28. The fraction of sp³-hybridized carbons (Fsp3) is 0.778. The minimum absolute atomic E-state index is 0.125. The molecule has 0 radical (unpaired) electrons. The molecule has 0 aliphatic carbocycles. The zero-order valence-electron chi connectivity index (χ0n) is 8.59. The van der Waals surface area contributed by atoms with E-state index in [0.717, 1.165) is 13.1 Å². The molecule has 0 aromatic carbocycles. The molecule has 1 fully saturated rings. The molecule has 4 heteroatoms. The molecule has 0 saturated carbocycles. The van der Waals surface area contributed by atoms with Crippen molar-refractivity contribution >= 4 is 12.2 Å². The van der Waals surface area contributed by atoms with Gasteiger partial charge in [0.15, 0.2) is 0 Å². The van der Waals surface area contributed by atoms with Gasteiger partial charge in [-0.3, -0.25) is 15.7 Å². The summed E-state index contributed by atoms with van der Waals surface area (Å²) in [6.45, 7) is 8.81. The maximum atomic E-state index is 7.69. The average Bonchev–Trinajstić information content (AvgIpc) is 2.02. The summed E-state index contributed by atoms with van der Waals surface area (Å²) in [6.07, 6.45) is 1.24. The highest BCUT2D eigenvalue weighted by Gasteiger charge is 2.27. The lowest BCUT2D eigenvalue weighted by Crippen LogP contribution is -2.55. The Morgan fingerprint density at radius 3 is 2.31 bits per heavy atom. The van der Waals surface area contributed by atoms with E-state index < -0.39 is 0 Å². The van der Waals surface area contributed by atoms with Crippen LogP contribution in [0.2, 0.25) is 0 Å². The molecule has 1 aliphatic heterocycles. The van der Waals surface area contributed by atoms with Gasteiger partial charge < -0.3 is 4.90 Å². The molecule has 1 heterocycles. The molecule has 0 unspecified atom stereocenters. The van der Waals surface area contributed by atoms with Crippen LogP contribution in [0.25, 0.3) is 0 Å². The Bertz CT molecular complexity index is 216. The second-order valence-corrected chi connectivity index (χ2v) is 4.36. The van der Waals surface area contributed by atoms with E-state index in [0.29, 0.717) is 12.4 Å². The molecule has 0 amide bonds.